The maximum atomic E-state index is 10.0. The molecule has 1 heterocycles. The molecule has 0 bridgehead atoms. The smallest absolute Gasteiger partial charge is 0.812 e. The van der Waals surface area contributed by atoms with Crippen LogP contribution in [0, 0.1) is 34.6 Å². The van der Waals surface area contributed by atoms with Gasteiger partial charge in [-0.2, -0.15) is 0 Å². The van der Waals surface area contributed by atoms with Gasteiger partial charge in [-0.3, -0.25) is 14.9 Å². The molecule has 0 aromatic heterocycles. The Morgan fingerprint density at radius 3 is 1.12 bits per heavy atom. The molecule has 0 fully saturated rings. The molecule has 0 aromatic rings. The fourth-order valence-electron chi connectivity index (χ4n) is 0.356. The van der Waals surface area contributed by atoms with Crippen LogP contribution in [0.25, 0.3) is 0 Å². The standard InChI is InChI=1S/C4H3NO2.3CHNO.P/c6-3-1-2-4(7)5-3;3*2-1-3;/h1-2H,(H,5,6,7);3*3H;/q;;;;+3/p-3. The Kier molecular flexibility index (Phi) is 32.4. The number of hydrogen-bond donors (Lipinski definition) is 1. The first kappa shape index (κ1) is 23.8. The van der Waals surface area contributed by atoms with Gasteiger partial charge < -0.3 is 15.3 Å². The van der Waals surface area contributed by atoms with E-state index in [4.69, 9.17) is 31.1 Å². The number of hydrogen-bond acceptors (Lipinski definition) is 8. The summed E-state index contributed by atoms with van der Waals surface area (Å²) in [5.41, 5.74) is 0. The van der Waals surface area contributed by atoms with Crippen LogP contribution in [0.4, 0.5) is 0 Å². The monoisotopic (exact) mass is 254 g/mol. The SMILES string of the molecule is N#C[O-].N#C[O-].N#C[O-].O=C1C=CC(=O)N1.[P+3]. The molecule has 1 N–H and O–H groups in total. The first-order valence-electron chi connectivity index (χ1n) is 3.10. The van der Waals surface area contributed by atoms with Gasteiger partial charge in [0.2, 0.25) is 0 Å². The maximum absolute atomic E-state index is 10.0. The Bertz CT molecular complexity index is 317. The predicted octanol–water partition coefficient (Wildman–Crippen LogP) is -3.46. The number of carbonyl (C=O) groups is 2. The number of amides is 2. The Labute approximate surface area is 99.4 Å². The van der Waals surface area contributed by atoms with Crippen molar-refractivity contribution in [3.63, 3.8) is 0 Å². The van der Waals surface area contributed by atoms with Crippen molar-refractivity contribution >= 4 is 21.7 Å². The Hall–Kier alpha value is -2.82. The van der Waals surface area contributed by atoms with Gasteiger partial charge in [-0.25, -0.2) is 15.8 Å². The van der Waals surface area contributed by atoms with Crippen molar-refractivity contribution in [3.05, 3.63) is 12.2 Å². The van der Waals surface area contributed by atoms with E-state index >= 15 is 0 Å². The zero-order chi connectivity index (χ0) is 13.4. The summed E-state index contributed by atoms with van der Waals surface area (Å²) >= 11 is 0. The number of nitrogens with zero attached hydrogens (tertiary/aromatic N) is 3. The third-order valence-corrected chi connectivity index (χ3v) is 0.632. The average molecular weight is 254 g/mol. The molecule has 0 spiro atoms. The zero-order valence-electron chi connectivity index (χ0n) is 7.98. The molecule has 2 radical (unpaired) electrons. The summed E-state index contributed by atoms with van der Waals surface area (Å²) in [6.07, 6.45) is 3.89. The average Bonchev–Trinajstić information content (AvgIpc) is 2.54. The Morgan fingerprint density at radius 1 is 0.882 bits per heavy atom. The number of nitriles is 3. The van der Waals surface area contributed by atoms with Gasteiger partial charge in [-0.15, -0.1) is 0 Å². The van der Waals surface area contributed by atoms with E-state index in [0.717, 1.165) is 0 Å². The first-order valence-corrected chi connectivity index (χ1v) is 3.10. The minimum atomic E-state index is -0.329. The van der Waals surface area contributed by atoms with E-state index in [1.165, 1.54) is 12.2 Å². The summed E-state index contributed by atoms with van der Waals surface area (Å²) in [6, 6.07) is 0. The normalized spacial score (nSPS) is 8.53. The largest absolute Gasteiger partial charge is 3.00 e. The fraction of sp³-hybridized carbons (Fsp3) is 0. The van der Waals surface area contributed by atoms with Gasteiger partial charge in [0.25, 0.3) is 11.8 Å². The molecule has 1 aliphatic rings. The van der Waals surface area contributed by atoms with Crippen LogP contribution in [-0.4, -0.2) is 11.8 Å². The molecule has 86 valence electrons. The molecule has 0 unspecified atom stereocenters. The molecule has 17 heavy (non-hydrogen) atoms. The number of rotatable bonds is 0. The van der Waals surface area contributed by atoms with Gasteiger partial charge >= 0.3 is 9.90 Å². The molecular weight excluding hydrogens is 251 g/mol. The molecule has 9 nitrogen and oxygen atoms in total. The van der Waals surface area contributed by atoms with Gasteiger partial charge in [0.05, 0.1) is 0 Å². The third-order valence-electron chi connectivity index (χ3n) is 0.632. The molecule has 1 aliphatic heterocycles. The zero-order valence-corrected chi connectivity index (χ0v) is 8.88. The summed E-state index contributed by atoms with van der Waals surface area (Å²) in [4.78, 5) is 20.1. The van der Waals surface area contributed by atoms with Crippen LogP contribution in [0.15, 0.2) is 12.2 Å². The van der Waals surface area contributed by atoms with Crippen LogP contribution in [-0.2, 0) is 9.59 Å². The van der Waals surface area contributed by atoms with Crippen LogP contribution in [0.3, 0.4) is 0 Å². The Morgan fingerprint density at radius 2 is 1.06 bits per heavy atom. The van der Waals surface area contributed by atoms with Crippen LogP contribution in [0.2, 0.25) is 0 Å². The van der Waals surface area contributed by atoms with Gasteiger partial charge in [-0.1, -0.05) is 0 Å². The molecule has 2 amide bonds. The molecule has 0 saturated heterocycles. The second-order valence-corrected chi connectivity index (χ2v) is 1.46. The Balaban J connectivity index is -0.0000000734. The molecule has 10 heteroatoms. The summed E-state index contributed by atoms with van der Waals surface area (Å²) in [6.45, 7) is 0. The van der Waals surface area contributed by atoms with Crippen molar-refractivity contribution in [2.45, 2.75) is 0 Å². The molecule has 0 saturated carbocycles. The second-order valence-electron chi connectivity index (χ2n) is 1.46. The summed E-state index contributed by atoms with van der Waals surface area (Å²) in [5, 5.41) is 47.0. The fourth-order valence-corrected chi connectivity index (χ4v) is 0.356. The van der Waals surface area contributed by atoms with E-state index < -0.39 is 0 Å². The van der Waals surface area contributed by atoms with Crippen LogP contribution in [0.1, 0.15) is 0 Å². The van der Waals surface area contributed by atoms with Crippen molar-refractivity contribution in [1.29, 1.82) is 15.8 Å². The first-order chi connectivity index (χ1) is 7.53. The predicted molar refractivity (Wildman–Crippen MR) is 46.0 cm³/mol. The van der Waals surface area contributed by atoms with Crippen molar-refractivity contribution < 1.29 is 24.9 Å². The topological polar surface area (TPSA) is 187 Å². The van der Waals surface area contributed by atoms with Crippen molar-refractivity contribution in [1.82, 2.24) is 5.32 Å². The van der Waals surface area contributed by atoms with E-state index in [-0.39, 0.29) is 21.7 Å². The number of nitrogens with one attached hydrogen (secondary N) is 1. The van der Waals surface area contributed by atoms with Gasteiger partial charge in [-0.05, 0) is 0 Å². The third kappa shape index (κ3) is 43.1. The molecule has 0 aliphatic carbocycles. The second kappa shape index (κ2) is 23.2. The summed E-state index contributed by atoms with van der Waals surface area (Å²) in [7, 11) is 0. The number of imide groups is 1. The van der Waals surface area contributed by atoms with Crippen molar-refractivity contribution in [2.24, 2.45) is 0 Å². The molecule has 1 rings (SSSR count). The van der Waals surface area contributed by atoms with E-state index in [2.05, 4.69) is 0 Å². The van der Waals surface area contributed by atoms with Crippen LogP contribution in [0.5, 0.6) is 0 Å². The molecular formula is C7H3N4O5P. The van der Waals surface area contributed by atoms with Gasteiger partial charge in [0.15, 0.2) is 0 Å². The summed E-state index contributed by atoms with van der Waals surface area (Å²) < 4.78 is 0. The van der Waals surface area contributed by atoms with E-state index in [1.807, 2.05) is 5.32 Å². The minimum absolute atomic E-state index is 0. The van der Waals surface area contributed by atoms with E-state index in [1.54, 1.807) is 0 Å². The van der Waals surface area contributed by atoms with Gasteiger partial charge in [0, 0.05) is 30.9 Å². The van der Waals surface area contributed by atoms with Crippen molar-refractivity contribution in [2.75, 3.05) is 0 Å². The van der Waals surface area contributed by atoms with Crippen molar-refractivity contribution in [3.8, 4) is 18.8 Å². The van der Waals surface area contributed by atoms with E-state index in [0.29, 0.717) is 18.8 Å². The number of carbonyl (C=O) groups excluding carboxylic acids is 2. The van der Waals surface area contributed by atoms with E-state index in [9.17, 15) is 9.59 Å². The molecule has 0 atom stereocenters. The molecule has 0 aromatic carbocycles. The van der Waals surface area contributed by atoms with Crippen LogP contribution < -0.4 is 20.6 Å². The minimum Gasteiger partial charge on any atom is -0.812 e. The summed E-state index contributed by atoms with van der Waals surface area (Å²) in [5.74, 6) is -0.657. The van der Waals surface area contributed by atoms with Gasteiger partial charge in [0.1, 0.15) is 0 Å². The quantitative estimate of drug-likeness (QED) is 0.262. The maximum Gasteiger partial charge on any atom is 3.00 e. The van der Waals surface area contributed by atoms with Crippen LogP contribution >= 0.6 is 9.90 Å².